The van der Waals surface area contributed by atoms with E-state index in [0.717, 1.165) is 0 Å². The van der Waals surface area contributed by atoms with Gasteiger partial charge in [0.2, 0.25) is 6.69 Å². The van der Waals surface area contributed by atoms with Gasteiger partial charge in [-0.3, -0.25) is 0 Å². The van der Waals surface area contributed by atoms with Gasteiger partial charge in [-0.1, -0.05) is 0 Å². The highest BCUT2D eigenvalue weighted by atomic mass is 35.7. The van der Waals surface area contributed by atoms with Crippen molar-refractivity contribution in [2.45, 2.75) is 0 Å². The van der Waals surface area contributed by atoms with Crippen LogP contribution in [0, 0.1) is 0 Å². The zero-order chi connectivity index (χ0) is 5.91. The molecule has 0 rings (SSSR count). The summed E-state index contributed by atoms with van der Waals surface area (Å²) in [5, 5.41) is 0. The Hall–Kier alpha value is 0.510. The Bertz CT molecular complexity index is 84.9. The fourth-order valence-corrected chi connectivity index (χ4v) is 0.224. The lowest BCUT2D eigenvalue weighted by atomic mass is 11.8. The first kappa shape index (κ1) is 7.51. The molecule has 0 N–H and O–H groups in total. The normalized spacial score (nSPS) is 11.9. The van der Waals surface area contributed by atoms with E-state index in [1.807, 2.05) is 0 Å². The van der Waals surface area contributed by atoms with Gasteiger partial charge in [-0.15, -0.1) is 0 Å². The van der Waals surface area contributed by atoms with Gasteiger partial charge in [0.1, 0.15) is 0 Å². The highest BCUT2D eigenvalue weighted by Gasteiger charge is 2.02. The fraction of sp³-hybridized carbons (Fsp3) is 0.667. The fourth-order valence-electron chi connectivity index (χ4n) is 0.0745. The predicted octanol–water partition coefficient (Wildman–Crippen LogP) is 1.71. The Kier molecular flexibility index (Phi) is 2.93. The largest absolute Gasteiger partial charge is 0.330 e. The van der Waals surface area contributed by atoms with E-state index in [0.29, 0.717) is 0 Å². The SMILES string of the molecule is C=P(Cl)(OC)OC. The third-order valence-corrected chi connectivity index (χ3v) is 2.46. The van der Waals surface area contributed by atoms with Gasteiger partial charge >= 0.3 is 0 Å². The summed E-state index contributed by atoms with van der Waals surface area (Å²) in [6.07, 6.45) is 3.44. The van der Waals surface area contributed by atoms with Crippen molar-refractivity contribution < 1.29 is 9.05 Å². The molecule has 0 aliphatic carbocycles. The third-order valence-electron chi connectivity index (χ3n) is 0.545. The zero-order valence-electron chi connectivity index (χ0n) is 4.35. The van der Waals surface area contributed by atoms with Gasteiger partial charge < -0.3 is 9.05 Å². The van der Waals surface area contributed by atoms with Crippen LogP contribution in [0.15, 0.2) is 0 Å². The minimum absolute atomic E-state index is 1.47. The molecule has 0 aliphatic rings. The number of halogens is 1. The molecule has 0 unspecified atom stereocenters. The molecule has 2 nitrogen and oxygen atoms in total. The second-order valence-corrected chi connectivity index (χ2v) is 4.41. The first-order chi connectivity index (χ1) is 3.12. The monoisotopic (exact) mass is 142 g/mol. The Labute approximate surface area is 48.3 Å². The van der Waals surface area contributed by atoms with E-state index in [4.69, 9.17) is 11.2 Å². The van der Waals surface area contributed by atoms with Crippen molar-refractivity contribution in [1.29, 1.82) is 0 Å². The average molecular weight is 143 g/mol. The minimum Gasteiger partial charge on any atom is -0.330 e. The number of hydrogen-bond acceptors (Lipinski definition) is 2. The highest BCUT2D eigenvalue weighted by Crippen LogP contribution is 2.50. The van der Waals surface area contributed by atoms with Crippen LogP contribution < -0.4 is 0 Å². The smallest absolute Gasteiger partial charge is 0.207 e. The zero-order valence-corrected chi connectivity index (χ0v) is 6.00. The Balaban J connectivity index is 3.61. The van der Waals surface area contributed by atoms with Gasteiger partial charge in [-0.2, -0.15) is 0 Å². The van der Waals surface area contributed by atoms with E-state index < -0.39 is 6.69 Å². The van der Waals surface area contributed by atoms with E-state index in [-0.39, 0.29) is 0 Å². The standard InChI is InChI=1S/C3H8ClO2P/c1-5-7(3,4)6-2/h3H2,1-2H3. The molecule has 0 spiro atoms. The molecule has 0 saturated carbocycles. The minimum atomic E-state index is -2.18. The molecule has 0 amide bonds. The van der Waals surface area contributed by atoms with Crippen molar-refractivity contribution in [2.24, 2.45) is 0 Å². The molecule has 0 aromatic rings. The maximum atomic E-state index is 5.46. The molecule has 0 aromatic carbocycles. The summed E-state index contributed by atoms with van der Waals surface area (Å²) in [5.41, 5.74) is 0. The van der Waals surface area contributed by atoms with Crippen LogP contribution in [0.4, 0.5) is 0 Å². The average Bonchev–Trinajstić information content (AvgIpc) is 1.68. The predicted molar refractivity (Wildman–Crippen MR) is 33.9 cm³/mol. The lowest BCUT2D eigenvalue weighted by molar-refractivity contribution is 0.351. The van der Waals surface area contributed by atoms with Crippen molar-refractivity contribution in [3.05, 3.63) is 0 Å². The topological polar surface area (TPSA) is 18.5 Å². The summed E-state index contributed by atoms with van der Waals surface area (Å²) in [6, 6.07) is 0. The maximum Gasteiger partial charge on any atom is 0.207 e. The summed E-state index contributed by atoms with van der Waals surface area (Å²) in [5.74, 6) is 0. The number of hydrogen-bond donors (Lipinski definition) is 0. The van der Waals surface area contributed by atoms with Crippen molar-refractivity contribution in [3.8, 4) is 0 Å². The quantitative estimate of drug-likeness (QED) is 0.547. The molecule has 0 radical (unpaired) electrons. The van der Waals surface area contributed by atoms with Crippen LogP contribution in [0.3, 0.4) is 0 Å². The van der Waals surface area contributed by atoms with Crippen molar-refractivity contribution in [3.63, 3.8) is 0 Å². The van der Waals surface area contributed by atoms with Crippen LogP contribution in [0.1, 0.15) is 0 Å². The Morgan fingerprint density at radius 2 is 1.71 bits per heavy atom. The van der Waals surface area contributed by atoms with E-state index >= 15 is 0 Å². The third kappa shape index (κ3) is 3.12. The Morgan fingerprint density at radius 3 is 1.71 bits per heavy atom. The van der Waals surface area contributed by atoms with Crippen molar-refractivity contribution in [2.75, 3.05) is 14.2 Å². The van der Waals surface area contributed by atoms with Gasteiger partial charge in [0.15, 0.2) is 0 Å². The second-order valence-electron chi connectivity index (χ2n) is 0.955. The van der Waals surface area contributed by atoms with Gasteiger partial charge in [0.05, 0.1) is 0 Å². The molecule has 0 aliphatic heterocycles. The molecule has 0 atom stereocenters. The summed E-state index contributed by atoms with van der Waals surface area (Å²) in [7, 11) is 2.94. The lowest BCUT2D eigenvalue weighted by Crippen LogP contribution is -1.77. The maximum absolute atomic E-state index is 5.46. The van der Waals surface area contributed by atoms with Crippen LogP contribution in [0.5, 0.6) is 0 Å². The summed E-state index contributed by atoms with van der Waals surface area (Å²) >= 11 is 5.46. The molecule has 0 heterocycles. The number of rotatable bonds is 2. The first-order valence-corrected chi connectivity index (χ1v) is 4.38. The van der Waals surface area contributed by atoms with Crippen LogP contribution in [0.25, 0.3) is 0 Å². The van der Waals surface area contributed by atoms with E-state index in [1.54, 1.807) is 0 Å². The van der Waals surface area contributed by atoms with Gasteiger partial charge in [0.25, 0.3) is 0 Å². The van der Waals surface area contributed by atoms with Crippen LogP contribution in [-0.2, 0) is 9.05 Å². The lowest BCUT2D eigenvalue weighted by Gasteiger charge is -2.08. The second kappa shape index (κ2) is 2.73. The van der Waals surface area contributed by atoms with Crippen molar-refractivity contribution >= 4 is 24.2 Å². The molecule has 0 aromatic heterocycles. The molecule has 7 heavy (non-hydrogen) atoms. The summed E-state index contributed by atoms with van der Waals surface area (Å²) in [6.45, 7) is -2.18. The van der Waals surface area contributed by atoms with E-state index in [1.165, 1.54) is 14.2 Å². The molecule has 0 saturated heterocycles. The molecule has 0 fully saturated rings. The summed E-state index contributed by atoms with van der Waals surface area (Å²) < 4.78 is 9.26. The molecular formula is C3H8ClO2P. The van der Waals surface area contributed by atoms with E-state index in [9.17, 15) is 0 Å². The molecule has 44 valence electrons. The molecule has 4 heteroatoms. The van der Waals surface area contributed by atoms with Crippen molar-refractivity contribution in [1.82, 2.24) is 0 Å². The Morgan fingerprint density at radius 1 is 1.43 bits per heavy atom. The van der Waals surface area contributed by atoms with Gasteiger partial charge in [0, 0.05) is 14.2 Å². The van der Waals surface area contributed by atoms with E-state index in [2.05, 4.69) is 15.3 Å². The molecular weight excluding hydrogens is 134 g/mol. The highest BCUT2D eigenvalue weighted by molar-refractivity contribution is 7.89. The van der Waals surface area contributed by atoms with Gasteiger partial charge in [-0.25, -0.2) is 0 Å². The first-order valence-electron chi connectivity index (χ1n) is 1.67. The van der Waals surface area contributed by atoms with Crippen LogP contribution >= 0.6 is 17.9 Å². The van der Waals surface area contributed by atoms with Crippen LogP contribution in [-0.4, -0.2) is 20.5 Å². The van der Waals surface area contributed by atoms with Gasteiger partial charge in [-0.05, 0) is 17.5 Å². The molecule has 0 bridgehead atoms. The summed E-state index contributed by atoms with van der Waals surface area (Å²) in [4.78, 5) is 0. The van der Waals surface area contributed by atoms with Crippen LogP contribution in [0.2, 0.25) is 0 Å².